The Morgan fingerprint density at radius 1 is 1.00 bits per heavy atom. The van der Waals surface area contributed by atoms with Gasteiger partial charge < -0.3 is 4.90 Å². The van der Waals surface area contributed by atoms with Crippen LogP contribution in [0.5, 0.6) is 0 Å². The van der Waals surface area contributed by atoms with Gasteiger partial charge in [-0.25, -0.2) is 12.8 Å². The molecule has 1 heterocycles. The Bertz CT molecular complexity index is 844. The molecule has 0 spiro atoms. The average molecular weight is 376 g/mol. The minimum atomic E-state index is -3.51. The van der Waals surface area contributed by atoms with E-state index in [4.69, 9.17) is 0 Å². The maximum Gasteiger partial charge on any atom is 0.243 e. The van der Waals surface area contributed by atoms with Gasteiger partial charge in [-0.15, -0.1) is 0 Å². The van der Waals surface area contributed by atoms with Gasteiger partial charge in [0.2, 0.25) is 10.0 Å². The zero-order valence-electron chi connectivity index (χ0n) is 15.2. The lowest BCUT2D eigenvalue weighted by Crippen LogP contribution is -2.48. The quantitative estimate of drug-likeness (QED) is 0.796. The molecule has 3 rings (SSSR count). The number of para-hydroxylation sites is 1. The summed E-state index contributed by atoms with van der Waals surface area (Å²) in [6.07, 6.45) is 1.02. The number of piperazine rings is 1. The minimum Gasteiger partial charge on any atom is -0.367 e. The smallest absolute Gasteiger partial charge is 0.243 e. The van der Waals surface area contributed by atoms with Crippen molar-refractivity contribution < 1.29 is 12.8 Å². The monoisotopic (exact) mass is 376 g/mol. The van der Waals surface area contributed by atoms with Gasteiger partial charge in [0, 0.05) is 26.2 Å². The van der Waals surface area contributed by atoms with Gasteiger partial charge in [0.05, 0.1) is 10.6 Å². The van der Waals surface area contributed by atoms with Crippen molar-refractivity contribution in [2.75, 3.05) is 31.1 Å². The first-order valence-corrected chi connectivity index (χ1v) is 10.5. The maximum absolute atomic E-state index is 13.9. The van der Waals surface area contributed by atoms with Crippen molar-refractivity contribution in [3.05, 3.63) is 59.9 Å². The highest BCUT2D eigenvalue weighted by molar-refractivity contribution is 7.89. The molecular formula is C20H25FN2O2S. The zero-order chi connectivity index (χ0) is 18.7. The molecule has 1 unspecified atom stereocenters. The lowest BCUT2D eigenvalue weighted by molar-refractivity contribution is 0.383. The van der Waals surface area contributed by atoms with E-state index in [9.17, 15) is 12.8 Å². The second kappa shape index (κ2) is 7.76. The fraction of sp³-hybridized carbons (Fsp3) is 0.400. The summed E-state index contributed by atoms with van der Waals surface area (Å²) in [6.45, 7) is 5.90. The normalized spacial score (nSPS) is 17.3. The predicted octanol–water partition coefficient (Wildman–Crippen LogP) is 3.85. The van der Waals surface area contributed by atoms with Crippen molar-refractivity contribution >= 4 is 15.7 Å². The molecule has 1 fully saturated rings. The summed E-state index contributed by atoms with van der Waals surface area (Å²) < 4.78 is 41.2. The number of hydrogen-bond acceptors (Lipinski definition) is 3. The highest BCUT2D eigenvalue weighted by Gasteiger charge is 2.29. The van der Waals surface area contributed by atoms with Gasteiger partial charge in [-0.05, 0) is 42.2 Å². The van der Waals surface area contributed by atoms with Gasteiger partial charge in [-0.2, -0.15) is 4.31 Å². The molecule has 0 saturated carbocycles. The Morgan fingerprint density at radius 3 is 2.19 bits per heavy atom. The van der Waals surface area contributed by atoms with Crippen LogP contribution in [0, 0.1) is 5.82 Å². The van der Waals surface area contributed by atoms with Crippen molar-refractivity contribution in [1.82, 2.24) is 4.31 Å². The topological polar surface area (TPSA) is 40.6 Å². The Labute approximate surface area is 155 Å². The molecule has 26 heavy (non-hydrogen) atoms. The number of hydrogen-bond donors (Lipinski definition) is 0. The van der Waals surface area contributed by atoms with Crippen LogP contribution in [0.25, 0.3) is 0 Å². The van der Waals surface area contributed by atoms with Crippen LogP contribution in [0.3, 0.4) is 0 Å². The molecule has 0 aliphatic carbocycles. The summed E-state index contributed by atoms with van der Waals surface area (Å²) in [5.74, 6) is 0.139. The first kappa shape index (κ1) is 18.9. The van der Waals surface area contributed by atoms with Crippen molar-refractivity contribution in [3.63, 3.8) is 0 Å². The highest BCUT2D eigenvalue weighted by Crippen LogP contribution is 2.25. The third kappa shape index (κ3) is 3.76. The summed E-state index contributed by atoms with van der Waals surface area (Å²) in [7, 11) is -3.51. The molecule has 0 amide bonds. The summed E-state index contributed by atoms with van der Waals surface area (Å²) in [4.78, 5) is 2.22. The second-order valence-corrected chi connectivity index (χ2v) is 8.66. The largest absolute Gasteiger partial charge is 0.367 e. The average Bonchev–Trinajstić information content (AvgIpc) is 2.68. The molecule has 0 radical (unpaired) electrons. The van der Waals surface area contributed by atoms with E-state index in [-0.39, 0.29) is 5.82 Å². The standard InChI is InChI=1S/C20H25FN2O2S/c1-3-16(2)17-8-10-18(11-9-17)26(24,25)23-14-12-22(13-15-23)20-7-5-4-6-19(20)21/h4-11,16H,3,12-15H2,1-2H3. The van der Waals surface area contributed by atoms with Crippen molar-refractivity contribution in [2.24, 2.45) is 0 Å². The number of nitrogens with zero attached hydrogens (tertiary/aromatic N) is 2. The van der Waals surface area contributed by atoms with Crippen LogP contribution in [0.4, 0.5) is 10.1 Å². The van der Waals surface area contributed by atoms with E-state index in [0.29, 0.717) is 42.7 Å². The van der Waals surface area contributed by atoms with Gasteiger partial charge in [0.25, 0.3) is 0 Å². The van der Waals surface area contributed by atoms with Crippen LogP contribution in [0.15, 0.2) is 53.4 Å². The first-order valence-electron chi connectivity index (χ1n) is 9.03. The van der Waals surface area contributed by atoms with Crippen molar-refractivity contribution in [1.29, 1.82) is 0 Å². The summed E-state index contributed by atoms with van der Waals surface area (Å²) in [6, 6.07) is 13.8. The first-order chi connectivity index (χ1) is 12.4. The highest BCUT2D eigenvalue weighted by atomic mass is 32.2. The van der Waals surface area contributed by atoms with Gasteiger partial charge in [0.1, 0.15) is 5.82 Å². The number of halogens is 1. The van der Waals surface area contributed by atoms with Crippen LogP contribution in [-0.2, 0) is 10.0 Å². The van der Waals surface area contributed by atoms with Gasteiger partial charge in [-0.3, -0.25) is 0 Å². The van der Waals surface area contributed by atoms with E-state index in [1.165, 1.54) is 10.4 Å². The number of benzene rings is 2. The van der Waals surface area contributed by atoms with E-state index in [0.717, 1.165) is 12.0 Å². The summed E-state index contributed by atoms with van der Waals surface area (Å²) in [5.41, 5.74) is 1.68. The van der Waals surface area contributed by atoms with Crippen LogP contribution >= 0.6 is 0 Å². The van der Waals surface area contributed by atoms with Gasteiger partial charge >= 0.3 is 0 Å². The number of rotatable bonds is 5. The SMILES string of the molecule is CCC(C)c1ccc(S(=O)(=O)N2CCN(c3ccccc3F)CC2)cc1. The molecule has 1 aliphatic heterocycles. The van der Waals surface area contributed by atoms with Gasteiger partial charge in [-0.1, -0.05) is 38.1 Å². The predicted molar refractivity (Wildman–Crippen MR) is 103 cm³/mol. The second-order valence-electron chi connectivity index (χ2n) is 6.72. The van der Waals surface area contributed by atoms with Gasteiger partial charge in [0.15, 0.2) is 0 Å². The summed E-state index contributed by atoms with van der Waals surface area (Å²) >= 11 is 0. The molecule has 0 N–H and O–H groups in total. The molecule has 1 atom stereocenters. The Balaban J connectivity index is 1.71. The molecule has 4 nitrogen and oxygen atoms in total. The van der Waals surface area contributed by atoms with Crippen molar-refractivity contribution in [2.45, 2.75) is 31.1 Å². The van der Waals surface area contributed by atoms with Crippen LogP contribution in [0.1, 0.15) is 31.7 Å². The lowest BCUT2D eigenvalue weighted by atomic mass is 9.99. The molecule has 140 valence electrons. The fourth-order valence-corrected chi connectivity index (χ4v) is 4.65. The van der Waals surface area contributed by atoms with Crippen LogP contribution in [-0.4, -0.2) is 38.9 Å². The Kier molecular flexibility index (Phi) is 5.63. The molecule has 1 saturated heterocycles. The zero-order valence-corrected chi connectivity index (χ0v) is 16.0. The molecule has 0 bridgehead atoms. The summed E-state index contributed by atoms with van der Waals surface area (Å²) in [5, 5.41) is 0. The molecule has 2 aromatic rings. The van der Waals surface area contributed by atoms with Crippen LogP contribution < -0.4 is 4.90 Å². The minimum absolute atomic E-state index is 0.274. The third-order valence-electron chi connectivity index (χ3n) is 5.13. The molecular weight excluding hydrogens is 351 g/mol. The molecule has 2 aromatic carbocycles. The third-order valence-corrected chi connectivity index (χ3v) is 7.04. The molecule has 1 aliphatic rings. The lowest BCUT2D eigenvalue weighted by Gasteiger charge is -2.35. The molecule has 0 aromatic heterocycles. The van der Waals surface area contributed by atoms with Crippen molar-refractivity contribution in [3.8, 4) is 0 Å². The van der Waals surface area contributed by atoms with Crippen LogP contribution in [0.2, 0.25) is 0 Å². The van der Waals surface area contributed by atoms with E-state index in [2.05, 4.69) is 13.8 Å². The number of anilines is 1. The van der Waals surface area contributed by atoms with E-state index < -0.39 is 10.0 Å². The fourth-order valence-electron chi connectivity index (χ4n) is 3.23. The van der Waals surface area contributed by atoms with E-state index >= 15 is 0 Å². The Hall–Kier alpha value is -1.92. The van der Waals surface area contributed by atoms with E-state index in [1.54, 1.807) is 30.3 Å². The maximum atomic E-state index is 13.9. The number of sulfonamides is 1. The molecule has 6 heteroatoms. The Morgan fingerprint density at radius 2 is 1.62 bits per heavy atom. The van der Waals surface area contributed by atoms with E-state index in [1.807, 2.05) is 17.0 Å².